The highest BCUT2D eigenvalue weighted by molar-refractivity contribution is 5.46. The molecule has 3 nitrogen and oxygen atoms in total. The van der Waals surface area contributed by atoms with E-state index in [1.807, 2.05) is 32.0 Å². The number of ether oxygens (including phenoxy) is 1. The van der Waals surface area contributed by atoms with E-state index in [0.29, 0.717) is 0 Å². The molecule has 0 heterocycles. The Labute approximate surface area is 135 Å². The van der Waals surface area contributed by atoms with Crippen LogP contribution in [0.1, 0.15) is 52.5 Å². The molecule has 22 heavy (non-hydrogen) atoms. The summed E-state index contributed by atoms with van der Waals surface area (Å²) < 4.78 is 5.43. The second-order valence-corrected chi connectivity index (χ2v) is 5.29. The lowest BCUT2D eigenvalue weighted by molar-refractivity contribution is 0.156. The fraction of sp³-hybridized carbons (Fsp3) is 0.579. The van der Waals surface area contributed by atoms with Gasteiger partial charge in [0.2, 0.25) is 0 Å². The maximum atomic E-state index is 9.85. The van der Waals surface area contributed by atoms with Crippen molar-refractivity contribution in [1.82, 2.24) is 0 Å². The predicted octanol–water partition coefficient (Wildman–Crippen LogP) is 4.21. The van der Waals surface area contributed by atoms with Gasteiger partial charge < -0.3 is 9.84 Å². The number of benzene rings is 1. The van der Waals surface area contributed by atoms with Gasteiger partial charge in [-0.1, -0.05) is 51.8 Å². The second kappa shape index (κ2) is 13.1. The number of carbonyl (C=O) groups excluding carboxylic acids is 1. The Bertz CT molecular complexity index is 436. The number of aliphatic hydroxyl groups excluding tert-OH is 1. The van der Waals surface area contributed by atoms with Gasteiger partial charge in [0, 0.05) is 6.08 Å². The summed E-state index contributed by atoms with van der Waals surface area (Å²) in [6, 6.07) is 8.17. The maximum absolute atomic E-state index is 9.85. The van der Waals surface area contributed by atoms with Gasteiger partial charge in [-0.25, -0.2) is 4.79 Å². The fourth-order valence-corrected chi connectivity index (χ4v) is 2.02. The van der Waals surface area contributed by atoms with Crippen molar-refractivity contribution >= 4 is 5.94 Å². The van der Waals surface area contributed by atoms with E-state index in [-0.39, 0.29) is 5.92 Å². The average Bonchev–Trinajstić information content (AvgIpc) is 2.54. The second-order valence-electron chi connectivity index (χ2n) is 5.29. The van der Waals surface area contributed by atoms with E-state index in [1.54, 1.807) is 5.94 Å². The molecule has 124 valence electrons. The first-order chi connectivity index (χ1) is 10.6. The number of para-hydroxylation sites is 1. The van der Waals surface area contributed by atoms with Crippen LogP contribution in [-0.2, 0) is 11.2 Å². The van der Waals surface area contributed by atoms with Gasteiger partial charge in [-0.05, 0) is 37.3 Å². The molecule has 0 fully saturated rings. The van der Waals surface area contributed by atoms with Gasteiger partial charge in [-0.15, -0.1) is 0 Å². The first-order valence-electron chi connectivity index (χ1n) is 8.20. The molecule has 2 unspecified atom stereocenters. The predicted molar refractivity (Wildman–Crippen MR) is 91.9 cm³/mol. The van der Waals surface area contributed by atoms with Crippen molar-refractivity contribution in [1.29, 1.82) is 0 Å². The lowest BCUT2D eigenvalue weighted by Gasteiger charge is -2.12. The van der Waals surface area contributed by atoms with E-state index in [4.69, 9.17) is 4.74 Å². The standard InChI is InChI=1S/C10H14O.C9H16O2/c1-3-9-7-5-6-8-10(9)11-4-2;1-3-4-5-8(2)9(11)6-7-10/h5-8H,3-4H2,1-2H3;6,8-9,11H,3-5H2,1-2H3. The van der Waals surface area contributed by atoms with Crippen molar-refractivity contribution in [3.63, 3.8) is 0 Å². The van der Waals surface area contributed by atoms with Crippen LogP contribution in [0.2, 0.25) is 0 Å². The smallest absolute Gasteiger partial charge is 0.122 e. The van der Waals surface area contributed by atoms with Crippen LogP contribution >= 0.6 is 0 Å². The van der Waals surface area contributed by atoms with E-state index >= 15 is 0 Å². The molecule has 0 aliphatic rings. The van der Waals surface area contributed by atoms with Crippen LogP contribution in [0.15, 0.2) is 30.3 Å². The van der Waals surface area contributed by atoms with Crippen molar-refractivity contribution in [2.45, 2.75) is 59.5 Å². The van der Waals surface area contributed by atoms with Crippen molar-refractivity contribution in [2.24, 2.45) is 5.92 Å². The highest BCUT2D eigenvalue weighted by Crippen LogP contribution is 2.17. The van der Waals surface area contributed by atoms with Crippen LogP contribution in [0.4, 0.5) is 0 Å². The molecule has 0 amide bonds. The molecule has 0 radical (unpaired) electrons. The van der Waals surface area contributed by atoms with E-state index in [1.165, 1.54) is 11.6 Å². The Kier molecular flexibility index (Phi) is 12.2. The minimum atomic E-state index is -0.612. The lowest BCUT2D eigenvalue weighted by Crippen LogP contribution is -2.14. The minimum absolute atomic E-state index is 0.177. The minimum Gasteiger partial charge on any atom is -0.494 e. The molecular formula is C19H30O3. The number of rotatable bonds is 8. The summed E-state index contributed by atoms with van der Waals surface area (Å²) in [6.45, 7) is 8.93. The molecule has 2 atom stereocenters. The summed E-state index contributed by atoms with van der Waals surface area (Å²) in [7, 11) is 0. The zero-order chi connectivity index (χ0) is 16.8. The van der Waals surface area contributed by atoms with E-state index in [2.05, 4.69) is 19.9 Å². The molecule has 0 spiro atoms. The van der Waals surface area contributed by atoms with Gasteiger partial charge in [0.25, 0.3) is 0 Å². The Morgan fingerprint density at radius 3 is 2.50 bits per heavy atom. The zero-order valence-electron chi connectivity index (χ0n) is 14.3. The first kappa shape index (κ1) is 20.4. The highest BCUT2D eigenvalue weighted by atomic mass is 16.5. The Morgan fingerprint density at radius 1 is 1.27 bits per heavy atom. The fourth-order valence-electron chi connectivity index (χ4n) is 2.02. The molecular weight excluding hydrogens is 276 g/mol. The molecule has 0 aliphatic carbocycles. The molecule has 0 saturated carbocycles. The molecule has 0 aromatic heterocycles. The van der Waals surface area contributed by atoms with Crippen molar-refractivity contribution < 1.29 is 14.6 Å². The average molecular weight is 306 g/mol. The van der Waals surface area contributed by atoms with E-state index in [9.17, 15) is 9.90 Å². The normalized spacial score (nSPS) is 12.4. The van der Waals surface area contributed by atoms with Gasteiger partial charge >= 0.3 is 0 Å². The monoisotopic (exact) mass is 306 g/mol. The maximum Gasteiger partial charge on any atom is 0.122 e. The topological polar surface area (TPSA) is 46.5 Å². The molecule has 1 aromatic rings. The summed E-state index contributed by atoms with van der Waals surface area (Å²) >= 11 is 0. The largest absolute Gasteiger partial charge is 0.494 e. The summed E-state index contributed by atoms with van der Waals surface area (Å²) in [4.78, 5) is 9.85. The van der Waals surface area contributed by atoms with Crippen LogP contribution in [0.25, 0.3) is 0 Å². The van der Waals surface area contributed by atoms with Crippen molar-refractivity contribution in [3.8, 4) is 5.75 Å². The number of aryl methyl sites for hydroxylation is 1. The van der Waals surface area contributed by atoms with Gasteiger partial charge in [-0.2, -0.15) is 0 Å². The van der Waals surface area contributed by atoms with Crippen molar-refractivity contribution in [2.75, 3.05) is 6.61 Å². The van der Waals surface area contributed by atoms with E-state index < -0.39 is 6.10 Å². The van der Waals surface area contributed by atoms with Crippen LogP contribution in [0.5, 0.6) is 5.75 Å². The summed E-state index contributed by atoms with van der Waals surface area (Å²) in [6.07, 6.45) is 4.80. The molecule has 0 bridgehead atoms. The van der Waals surface area contributed by atoms with Gasteiger partial charge in [0.15, 0.2) is 0 Å². The van der Waals surface area contributed by atoms with Gasteiger partial charge in [-0.3, -0.25) is 0 Å². The molecule has 3 heteroatoms. The number of hydrogen-bond donors (Lipinski definition) is 1. The third-order valence-corrected chi connectivity index (χ3v) is 3.49. The quantitative estimate of drug-likeness (QED) is 0.732. The third-order valence-electron chi connectivity index (χ3n) is 3.49. The Hall–Kier alpha value is -1.57. The third kappa shape index (κ3) is 8.66. The van der Waals surface area contributed by atoms with Crippen molar-refractivity contribution in [3.05, 3.63) is 35.9 Å². The van der Waals surface area contributed by atoms with Crippen LogP contribution in [-0.4, -0.2) is 23.8 Å². The molecule has 0 saturated heterocycles. The molecule has 1 rings (SSSR count). The number of hydrogen-bond acceptors (Lipinski definition) is 3. The summed E-state index contributed by atoms with van der Waals surface area (Å²) in [5.74, 6) is 2.80. The van der Waals surface area contributed by atoms with Gasteiger partial charge in [0.05, 0.1) is 12.7 Å². The Morgan fingerprint density at radius 2 is 1.95 bits per heavy atom. The number of unbranched alkanes of at least 4 members (excludes halogenated alkanes) is 1. The number of aliphatic hydroxyl groups is 1. The molecule has 1 N–H and O–H groups in total. The molecule has 1 aromatic carbocycles. The van der Waals surface area contributed by atoms with Crippen LogP contribution in [0.3, 0.4) is 0 Å². The van der Waals surface area contributed by atoms with E-state index in [0.717, 1.165) is 38.0 Å². The summed E-state index contributed by atoms with van der Waals surface area (Å²) in [5, 5.41) is 9.23. The molecule has 0 aliphatic heterocycles. The summed E-state index contributed by atoms with van der Waals surface area (Å²) in [5.41, 5.74) is 1.29. The SMILES string of the molecule is CCCCC(C)C(O)C=C=O.CCOc1ccccc1CC. The van der Waals surface area contributed by atoms with Gasteiger partial charge in [0.1, 0.15) is 11.7 Å². The van der Waals surface area contributed by atoms with Crippen LogP contribution < -0.4 is 4.74 Å². The first-order valence-corrected chi connectivity index (χ1v) is 8.20. The highest BCUT2D eigenvalue weighted by Gasteiger charge is 2.09. The zero-order valence-corrected chi connectivity index (χ0v) is 14.3. The van der Waals surface area contributed by atoms with Crippen LogP contribution in [0, 0.1) is 5.92 Å². The lowest BCUT2D eigenvalue weighted by atomic mass is 9.98. The Balaban J connectivity index is 0.000000401.